The Morgan fingerprint density at radius 3 is 2.83 bits per heavy atom. The Morgan fingerprint density at radius 1 is 1.39 bits per heavy atom. The smallest absolute Gasteiger partial charge is 0.269 e. The molecule has 1 N–H and O–H groups in total. The van der Waals surface area contributed by atoms with Crippen LogP contribution in [0, 0.1) is 10.1 Å². The fourth-order valence-corrected chi connectivity index (χ4v) is 3.74. The second kappa shape index (κ2) is 8.21. The minimum Gasteiger partial charge on any atom is -0.350 e. The van der Waals surface area contributed by atoms with Crippen molar-refractivity contribution in [2.45, 2.75) is 32.2 Å². The van der Waals surface area contributed by atoms with Crippen molar-refractivity contribution in [1.82, 2.24) is 5.32 Å². The Morgan fingerprint density at radius 2 is 2.17 bits per heavy atom. The molecule has 0 aliphatic heterocycles. The Labute approximate surface area is 147 Å². The van der Waals surface area contributed by atoms with Crippen LogP contribution in [0.3, 0.4) is 0 Å². The fraction of sp³-hybridized carbons (Fsp3) is 0.312. The second-order valence-corrected chi connectivity index (χ2v) is 7.75. The average molecular weight is 397 g/mol. The van der Waals surface area contributed by atoms with Gasteiger partial charge in [0.2, 0.25) is 5.91 Å². The highest BCUT2D eigenvalue weighted by atomic mass is 79.9. The molecule has 1 unspecified atom stereocenters. The maximum atomic E-state index is 12.0. The molecule has 2 aromatic rings. The molecular weight excluding hydrogens is 380 g/mol. The second-order valence-electron chi connectivity index (χ2n) is 5.20. The number of hydrogen-bond donors (Lipinski definition) is 1. The van der Waals surface area contributed by atoms with Crippen molar-refractivity contribution in [2.24, 2.45) is 0 Å². The van der Waals surface area contributed by atoms with E-state index in [1.165, 1.54) is 17.0 Å². The van der Waals surface area contributed by atoms with E-state index in [1.807, 2.05) is 13.0 Å². The molecule has 1 aromatic heterocycles. The zero-order valence-corrected chi connectivity index (χ0v) is 15.0. The van der Waals surface area contributed by atoms with Gasteiger partial charge in [-0.25, -0.2) is 0 Å². The molecule has 1 atom stereocenters. The number of carbonyl (C=O) groups excluding carboxylic acids is 1. The summed E-state index contributed by atoms with van der Waals surface area (Å²) in [5.41, 5.74) is 0.765. The lowest BCUT2D eigenvalue weighted by molar-refractivity contribution is -0.384. The topological polar surface area (TPSA) is 72.2 Å². The number of nitrogens with zero attached hydrogens (tertiary/aromatic N) is 1. The number of benzene rings is 1. The van der Waals surface area contributed by atoms with E-state index in [-0.39, 0.29) is 17.6 Å². The predicted molar refractivity (Wildman–Crippen MR) is 94.6 cm³/mol. The quantitative estimate of drug-likeness (QED) is 0.548. The normalized spacial score (nSPS) is 11.9. The van der Waals surface area contributed by atoms with Gasteiger partial charge in [-0.05, 0) is 53.4 Å². The number of hydrogen-bond acceptors (Lipinski definition) is 4. The summed E-state index contributed by atoms with van der Waals surface area (Å²) in [6, 6.07) is 10.2. The van der Waals surface area contributed by atoms with Crippen LogP contribution in [0.5, 0.6) is 0 Å². The van der Waals surface area contributed by atoms with E-state index in [1.54, 1.807) is 23.5 Å². The van der Waals surface area contributed by atoms with Crippen molar-refractivity contribution in [2.75, 3.05) is 0 Å². The van der Waals surface area contributed by atoms with Crippen LogP contribution in [-0.2, 0) is 11.2 Å². The summed E-state index contributed by atoms with van der Waals surface area (Å²) >= 11 is 5.09. The summed E-state index contributed by atoms with van der Waals surface area (Å²) in [7, 11) is 0. The van der Waals surface area contributed by atoms with Crippen LogP contribution in [0.15, 0.2) is 40.2 Å². The largest absolute Gasteiger partial charge is 0.350 e. The number of amides is 1. The van der Waals surface area contributed by atoms with Gasteiger partial charge >= 0.3 is 0 Å². The van der Waals surface area contributed by atoms with Crippen LogP contribution in [0.1, 0.15) is 36.2 Å². The Hall–Kier alpha value is -1.73. The maximum Gasteiger partial charge on any atom is 0.269 e. The summed E-state index contributed by atoms with van der Waals surface area (Å²) in [4.78, 5) is 23.6. The number of carbonyl (C=O) groups is 1. The van der Waals surface area contributed by atoms with Gasteiger partial charge in [-0.3, -0.25) is 14.9 Å². The third-order valence-electron chi connectivity index (χ3n) is 3.41. The summed E-state index contributed by atoms with van der Waals surface area (Å²) in [5.74, 6) is -0.0420. The van der Waals surface area contributed by atoms with Gasteiger partial charge in [0.25, 0.3) is 5.69 Å². The molecule has 0 bridgehead atoms. The van der Waals surface area contributed by atoms with Gasteiger partial charge in [-0.15, -0.1) is 11.3 Å². The summed E-state index contributed by atoms with van der Waals surface area (Å²) < 4.78 is 1.09. The molecule has 2 rings (SSSR count). The number of non-ortho nitro benzene ring substituents is 1. The zero-order chi connectivity index (χ0) is 16.8. The molecule has 1 heterocycles. The van der Waals surface area contributed by atoms with Crippen molar-refractivity contribution in [3.05, 3.63) is 60.7 Å². The molecule has 0 aliphatic rings. The van der Waals surface area contributed by atoms with E-state index in [2.05, 4.69) is 27.3 Å². The Balaban J connectivity index is 1.82. The number of thiophene rings is 1. The first-order chi connectivity index (χ1) is 11.0. The minimum absolute atomic E-state index is 0.0341. The SMILES string of the molecule is CC(NC(=O)CCCc1ccc(Br)s1)c1cccc([N+](=O)[O-])c1. The van der Waals surface area contributed by atoms with E-state index in [0.717, 1.165) is 22.2 Å². The van der Waals surface area contributed by atoms with Gasteiger partial charge in [-0.2, -0.15) is 0 Å². The molecule has 0 saturated heterocycles. The number of aryl methyl sites for hydroxylation is 1. The van der Waals surface area contributed by atoms with E-state index >= 15 is 0 Å². The average Bonchev–Trinajstić information content (AvgIpc) is 2.92. The predicted octanol–water partition coefficient (Wildman–Crippen LogP) is 4.62. The standard InChI is InChI=1S/C16H17BrN2O3S/c1-11(12-4-2-5-13(10-12)19(21)22)18-16(20)7-3-6-14-8-9-15(17)23-14/h2,4-5,8-11H,3,6-7H2,1H3,(H,18,20). The number of halogens is 1. The van der Waals surface area contributed by atoms with Gasteiger partial charge in [0.15, 0.2) is 0 Å². The Bertz CT molecular complexity index is 702. The van der Waals surface area contributed by atoms with E-state index < -0.39 is 4.92 Å². The lowest BCUT2D eigenvalue weighted by atomic mass is 10.1. The molecule has 0 fully saturated rings. The molecule has 0 aliphatic carbocycles. The van der Waals surface area contributed by atoms with Crippen molar-refractivity contribution < 1.29 is 9.72 Å². The van der Waals surface area contributed by atoms with E-state index in [4.69, 9.17) is 0 Å². The van der Waals surface area contributed by atoms with Crippen LogP contribution in [0.2, 0.25) is 0 Å². The number of rotatable bonds is 7. The van der Waals surface area contributed by atoms with Crippen LogP contribution in [0.25, 0.3) is 0 Å². The van der Waals surface area contributed by atoms with Gasteiger partial charge in [-0.1, -0.05) is 12.1 Å². The fourth-order valence-electron chi connectivity index (χ4n) is 2.21. The molecule has 23 heavy (non-hydrogen) atoms. The van der Waals surface area contributed by atoms with Crippen molar-refractivity contribution in [1.29, 1.82) is 0 Å². The molecule has 0 saturated carbocycles. The summed E-state index contributed by atoms with van der Waals surface area (Å²) in [5, 5.41) is 13.7. The third kappa shape index (κ3) is 5.44. The summed E-state index contributed by atoms with van der Waals surface area (Å²) in [6.07, 6.45) is 2.09. The van der Waals surface area contributed by atoms with Gasteiger partial charge in [0.05, 0.1) is 14.8 Å². The van der Waals surface area contributed by atoms with Crippen LogP contribution in [0.4, 0.5) is 5.69 Å². The maximum absolute atomic E-state index is 12.0. The first-order valence-electron chi connectivity index (χ1n) is 7.23. The lowest BCUT2D eigenvalue weighted by Crippen LogP contribution is -2.26. The molecule has 0 radical (unpaired) electrons. The number of nitro groups is 1. The molecule has 1 aromatic carbocycles. The highest BCUT2D eigenvalue weighted by Gasteiger charge is 2.13. The highest BCUT2D eigenvalue weighted by molar-refractivity contribution is 9.11. The number of nitro benzene ring substituents is 1. The first-order valence-corrected chi connectivity index (χ1v) is 8.84. The Kier molecular flexibility index (Phi) is 6.29. The molecule has 0 spiro atoms. The van der Waals surface area contributed by atoms with E-state index in [9.17, 15) is 14.9 Å². The van der Waals surface area contributed by atoms with Gasteiger partial charge in [0, 0.05) is 23.4 Å². The summed E-state index contributed by atoms with van der Waals surface area (Å²) in [6.45, 7) is 1.83. The monoisotopic (exact) mass is 396 g/mol. The highest BCUT2D eigenvalue weighted by Crippen LogP contribution is 2.23. The van der Waals surface area contributed by atoms with Crippen LogP contribution < -0.4 is 5.32 Å². The first kappa shape index (κ1) is 17.6. The molecule has 5 nitrogen and oxygen atoms in total. The van der Waals surface area contributed by atoms with Crippen molar-refractivity contribution >= 4 is 38.9 Å². The molecular formula is C16H17BrN2O3S. The van der Waals surface area contributed by atoms with Gasteiger partial charge in [0.1, 0.15) is 0 Å². The zero-order valence-electron chi connectivity index (χ0n) is 12.6. The van der Waals surface area contributed by atoms with Crippen LogP contribution in [-0.4, -0.2) is 10.8 Å². The number of nitrogens with one attached hydrogen (secondary N) is 1. The lowest BCUT2D eigenvalue weighted by Gasteiger charge is -2.14. The molecule has 122 valence electrons. The van der Waals surface area contributed by atoms with Crippen molar-refractivity contribution in [3.63, 3.8) is 0 Å². The molecule has 1 amide bonds. The van der Waals surface area contributed by atoms with Crippen LogP contribution >= 0.6 is 27.3 Å². The third-order valence-corrected chi connectivity index (χ3v) is 5.10. The molecule has 7 heteroatoms. The van der Waals surface area contributed by atoms with Crippen molar-refractivity contribution in [3.8, 4) is 0 Å². The van der Waals surface area contributed by atoms with E-state index in [0.29, 0.717) is 6.42 Å². The minimum atomic E-state index is -0.433. The van der Waals surface area contributed by atoms with Gasteiger partial charge < -0.3 is 5.32 Å².